The summed E-state index contributed by atoms with van der Waals surface area (Å²) in [6.07, 6.45) is 1.83. The highest BCUT2D eigenvalue weighted by Gasteiger charge is 2.24. The third-order valence-corrected chi connectivity index (χ3v) is 7.49. The van der Waals surface area contributed by atoms with Crippen molar-refractivity contribution in [3.05, 3.63) is 152 Å². The normalized spacial score (nSPS) is 12.2. The summed E-state index contributed by atoms with van der Waals surface area (Å²) in [6, 6.07) is 49.8. The highest BCUT2D eigenvalue weighted by Crippen LogP contribution is 2.42. The molecular formula is C37H30N4O. The summed E-state index contributed by atoms with van der Waals surface area (Å²) in [7, 11) is 2.12. The van der Waals surface area contributed by atoms with Crippen LogP contribution in [-0.2, 0) is 0 Å². The molecular weight excluding hydrogens is 516 g/mol. The summed E-state index contributed by atoms with van der Waals surface area (Å²) >= 11 is 0. The monoisotopic (exact) mass is 546 g/mol. The second kappa shape index (κ2) is 11.1. The maximum atomic E-state index is 6.48. The molecule has 0 amide bonds. The van der Waals surface area contributed by atoms with Gasteiger partial charge in [-0.3, -0.25) is 4.90 Å². The van der Waals surface area contributed by atoms with Crippen molar-refractivity contribution >= 4 is 34.3 Å². The van der Waals surface area contributed by atoms with Gasteiger partial charge in [0.15, 0.2) is 0 Å². The SMILES string of the molecule is CN1CN(c2cccc(Oc3cccc(N(c4ccccn4)c4ccccc4-c4ccccc4)c3)c2)c2ccccc21. The molecule has 0 spiro atoms. The van der Waals surface area contributed by atoms with E-state index in [1.165, 1.54) is 11.4 Å². The van der Waals surface area contributed by atoms with Crippen LogP contribution in [0.25, 0.3) is 11.1 Å². The van der Waals surface area contributed by atoms with Crippen LogP contribution >= 0.6 is 0 Å². The van der Waals surface area contributed by atoms with Crippen molar-refractivity contribution in [3.63, 3.8) is 0 Å². The van der Waals surface area contributed by atoms with Crippen LogP contribution in [0.1, 0.15) is 0 Å². The number of aromatic nitrogens is 1. The summed E-state index contributed by atoms with van der Waals surface area (Å²) < 4.78 is 6.48. The lowest BCUT2D eigenvalue weighted by Crippen LogP contribution is -2.23. The van der Waals surface area contributed by atoms with Crippen LogP contribution in [-0.4, -0.2) is 18.7 Å². The fourth-order valence-electron chi connectivity index (χ4n) is 5.55. The molecule has 0 fully saturated rings. The molecule has 0 aliphatic carbocycles. The Balaban J connectivity index is 1.24. The van der Waals surface area contributed by atoms with Gasteiger partial charge in [-0.15, -0.1) is 0 Å². The van der Waals surface area contributed by atoms with Crippen molar-refractivity contribution in [3.8, 4) is 22.6 Å². The number of hydrogen-bond donors (Lipinski definition) is 0. The van der Waals surface area contributed by atoms with E-state index in [0.29, 0.717) is 0 Å². The second-order valence-corrected chi connectivity index (χ2v) is 10.3. The maximum Gasteiger partial charge on any atom is 0.137 e. The Morgan fingerprint density at radius 3 is 2.19 bits per heavy atom. The standard InChI is InChI=1S/C37H30N4O/c1-39-27-40(36-22-8-7-21-35(36)39)29-15-11-17-31(25-29)42-32-18-12-16-30(26-32)41(37-23-9-10-24-38-37)34-20-6-5-19-33(34)28-13-3-2-4-14-28/h2-26H,27H2,1H3. The molecule has 0 N–H and O–H groups in total. The van der Waals surface area contributed by atoms with Crippen LogP contribution in [0.3, 0.4) is 0 Å². The number of nitrogens with zero attached hydrogens (tertiary/aromatic N) is 4. The number of pyridine rings is 1. The molecule has 42 heavy (non-hydrogen) atoms. The minimum absolute atomic E-state index is 0.752. The van der Waals surface area contributed by atoms with Gasteiger partial charge in [-0.2, -0.15) is 0 Å². The first-order valence-electron chi connectivity index (χ1n) is 14.1. The predicted molar refractivity (Wildman–Crippen MR) is 173 cm³/mol. The molecule has 1 aliphatic heterocycles. The average Bonchev–Trinajstić information content (AvgIpc) is 3.39. The van der Waals surface area contributed by atoms with E-state index in [4.69, 9.17) is 9.72 Å². The lowest BCUT2D eigenvalue weighted by atomic mass is 10.0. The van der Waals surface area contributed by atoms with Crippen molar-refractivity contribution in [2.45, 2.75) is 0 Å². The topological polar surface area (TPSA) is 31.8 Å². The minimum Gasteiger partial charge on any atom is -0.457 e. The van der Waals surface area contributed by atoms with Crippen molar-refractivity contribution in [2.24, 2.45) is 0 Å². The molecule has 0 saturated heterocycles. The zero-order valence-electron chi connectivity index (χ0n) is 23.3. The van der Waals surface area contributed by atoms with Crippen LogP contribution in [0.4, 0.5) is 34.3 Å². The Kier molecular flexibility index (Phi) is 6.74. The third-order valence-electron chi connectivity index (χ3n) is 7.49. The van der Waals surface area contributed by atoms with Gasteiger partial charge in [0.2, 0.25) is 0 Å². The van der Waals surface area contributed by atoms with E-state index in [-0.39, 0.29) is 0 Å². The van der Waals surface area contributed by atoms with Crippen molar-refractivity contribution < 1.29 is 4.74 Å². The summed E-state index contributed by atoms with van der Waals surface area (Å²) in [4.78, 5) is 11.5. The molecule has 5 aromatic carbocycles. The molecule has 0 saturated carbocycles. The van der Waals surface area contributed by atoms with E-state index >= 15 is 0 Å². The van der Waals surface area contributed by atoms with Gasteiger partial charge in [-0.25, -0.2) is 4.98 Å². The van der Waals surface area contributed by atoms with Crippen LogP contribution in [0, 0.1) is 0 Å². The average molecular weight is 547 g/mol. The van der Waals surface area contributed by atoms with E-state index < -0.39 is 0 Å². The third kappa shape index (κ3) is 4.93. The Labute approximate surface area is 246 Å². The van der Waals surface area contributed by atoms with Crippen molar-refractivity contribution in [1.82, 2.24) is 4.98 Å². The van der Waals surface area contributed by atoms with Crippen LogP contribution < -0.4 is 19.4 Å². The zero-order chi connectivity index (χ0) is 28.3. The smallest absolute Gasteiger partial charge is 0.137 e. The summed E-state index contributed by atoms with van der Waals surface area (Å²) in [5.41, 5.74) is 7.78. The Morgan fingerprint density at radius 2 is 1.36 bits per heavy atom. The van der Waals surface area contributed by atoms with Crippen LogP contribution in [0.5, 0.6) is 11.5 Å². The first-order valence-corrected chi connectivity index (χ1v) is 14.1. The van der Waals surface area contributed by atoms with E-state index in [1.54, 1.807) is 0 Å². The first kappa shape index (κ1) is 25.4. The number of para-hydroxylation sites is 3. The van der Waals surface area contributed by atoms with E-state index in [9.17, 15) is 0 Å². The quantitative estimate of drug-likeness (QED) is 0.199. The van der Waals surface area contributed by atoms with E-state index in [2.05, 4.69) is 119 Å². The molecule has 5 nitrogen and oxygen atoms in total. The van der Waals surface area contributed by atoms with Crippen LogP contribution in [0.15, 0.2) is 152 Å². The zero-order valence-corrected chi connectivity index (χ0v) is 23.3. The van der Waals surface area contributed by atoms with Gasteiger partial charge in [-0.05, 0) is 60.2 Å². The van der Waals surface area contributed by atoms with Gasteiger partial charge in [0.25, 0.3) is 0 Å². The van der Waals surface area contributed by atoms with Gasteiger partial charge in [-0.1, -0.05) is 78.9 Å². The fourth-order valence-corrected chi connectivity index (χ4v) is 5.55. The second-order valence-electron chi connectivity index (χ2n) is 10.3. The number of fused-ring (bicyclic) bond motifs is 1. The minimum atomic E-state index is 0.752. The molecule has 7 rings (SSSR count). The van der Waals surface area contributed by atoms with E-state index in [0.717, 1.165) is 52.2 Å². The number of hydrogen-bond acceptors (Lipinski definition) is 5. The summed E-state index contributed by atoms with van der Waals surface area (Å²) in [6.45, 7) is 0.790. The van der Waals surface area contributed by atoms with Gasteiger partial charge in [0.1, 0.15) is 17.3 Å². The Bertz CT molecular complexity index is 1820. The largest absolute Gasteiger partial charge is 0.457 e. The number of anilines is 6. The lowest BCUT2D eigenvalue weighted by Gasteiger charge is -2.27. The molecule has 6 aromatic rings. The Morgan fingerprint density at radius 1 is 0.643 bits per heavy atom. The number of ether oxygens (including phenoxy) is 1. The first-order chi connectivity index (χ1) is 20.7. The molecule has 1 aliphatic rings. The number of rotatable bonds is 7. The molecule has 0 radical (unpaired) electrons. The predicted octanol–water partition coefficient (Wildman–Crippen LogP) is 9.56. The lowest BCUT2D eigenvalue weighted by molar-refractivity contribution is 0.483. The highest BCUT2D eigenvalue weighted by molar-refractivity contribution is 5.87. The van der Waals surface area contributed by atoms with Gasteiger partial charge >= 0.3 is 0 Å². The van der Waals surface area contributed by atoms with Crippen molar-refractivity contribution in [1.29, 1.82) is 0 Å². The molecule has 0 bridgehead atoms. The van der Waals surface area contributed by atoms with Gasteiger partial charge in [0, 0.05) is 36.6 Å². The summed E-state index contributed by atoms with van der Waals surface area (Å²) in [5, 5.41) is 0. The Hall–Kier alpha value is -5.55. The molecule has 1 aromatic heterocycles. The van der Waals surface area contributed by atoms with Gasteiger partial charge < -0.3 is 14.5 Å². The molecule has 0 atom stereocenters. The van der Waals surface area contributed by atoms with Crippen molar-refractivity contribution in [2.75, 3.05) is 28.4 Å². The fraction of sp³-hybridized carbons (Fsp3) is 0.0541. The number of benzene rings is 5. The molecule has 5 heteroatoms. The van der Waals surface area contributed by atoms with Crippen LogP contribution in [0.2, 0.25) is 0 Å². The highest BCUT2D eigenvalue weighted by atomic mass is 16.5. The van der Waals surface area contributed by atoms with E-state index in [1.807, 2.05) is 54.7 Å². The summed E-state index contributed by atoms with van der Waals surface area (Å²) in [5.74, 6) is 2.37. The molecule has 0 unspecified atom stereocenters. The maximum absolute atomic E-state index is 6.48. The van der Waals surface area contributed by atoms with Gasteiger partial charge in [0.05, 0.1) is 29.4 Å². The molecule has 204 valence electrons. The molecule has 2 heterocycles.